The number of carbonyl (C=O) groups excluding carboxylic acids is 1. The van der Waals surface area contributed by atoms with Crippen molar-refractivity contribution in [1.82, 2.24) is 9.78 Å². The van der Waals surface area contributed by atoms with Gasteiger partial charge in [-0.1, -0.05) is 0 Å². The zero-order valence-electron chi connectivity index (χ0n) is 16.8. The van der Waals surface area contributed by atoms with E-state index in [1.807, 2.05) is 40.7 Å². The van der Waals surface area contributed by atoms with Crippen LogP contribution in [0.5, 0.6) is 5.75 Å². The van der Waals surface area contributed by atoms with Gasteiger partial charge in [-0.2, -0.15) is 16.9 Å². The van der Waals surface area contributed by atoms with Crippen molar-refractivity contribution in [2.75, 3.05) is 12.4 Å². The molecule has 4 aliphatic carbocycles. The fourth-order valence-corrected chi connectivity index (χ4v) is 7.72. The Kier molecular flexibility index (Phi) is 4.02. The van der Waals surface area contributed by atoms with E-state index in [2.05, 4.69) is 5.32 Å². The number of aromatic nitrogens is 2. The Morgan fingerprint density at radius 3 is 2.38 bits per heavy atom. The van der Waals surface area contributed by atoms with Crippen LogP contribution in [-0.2, 0) is 16.3 Å². The van der Waals surface area contributed by atoms with Crippen molar-refractivity contribution in [2.24, 2.45) is 23.2 Å². The molecule has 6 heteroatoms. The summed E-state index contributed by atoms with van der Waals surface area (Å²) in [4.78, 5) is 13.7. The molecular weight excluding hydrogens is 382 g/mol. The van der Waals surface area contributed by atoms with Gasteiger partial charge < -0.3 is 10.1 Å². The third-order valence-electron chi connectivity index (χ3n) is 7.62. The Morgan fingerprint density at radius 2 is 1.76 bits per heavy atom. The monoisotopic (exact) mass is 409 g/mol. The summed E-state index contributed by atoms with van der Waals surface area (Å²) < 4.78 is 7.23. The summed E-state index contributed by atoms with van der Waals surface area (Å²) in [6, 6.07) is 7.91. The van der Waals surface area contributed by atoms with Crippen LogP contribution in [0.1, 0.15) is 49.8 Å². The van der Waals surface area contributed by atoms with Gasteiger partial charge in [0, 0.05) is 17.1 Å². The maximum atomic E-state index is 13.7. The number of nitrogens with zero attached hydrogens (tertiary/aromatic N) is 2. The summed E-state index contributed by atoms with van der Waals surface area (Å²) in [6.07, 6.45) is 7.29. The molecule has 2 heterocycles. The summed E-state index contributed by atoms with van der Waals surface area (Å²) in [5, 5.41) is 8.25. The van der Waals surface area contributed by atoms with Gasteiger partial charge in [-0.3, -0.25) is 4.79 Å². The highest BCUT2D eigenvalue weighted by Crippen LogP contribution is 2.60. The Balaban J connectivity index is 1.34. The molecule has 1 aliphatic heterocycles. The number of benzene rings is 1. The fourth-order valence-electron chi connectivity index (χ4n) is 6.68. The first kappa shape index (κ1) is 17.9. The Morgan fingerprint density at radius 1 is 1.10 bits per heavy atom. The number of amides is 1. The van der Waals surface area contributed by atoms with Gasteiger partial charge in [0.1, 0.15) is 11.6 Å². The van der Waals surface area contributed by atoms with Gasteiger partial charge in [0.2, 0.25) is 5.91 Å². The molecule has 0 atom stereocenters. The highest BCUT2D eigenvalue weighted by atomic mass is 32.2. The van der Waals surface area contributed by atoms with E-state index in [-0.39, 0.29) is 11.3 Å². The number of nitrogens with one attached hydrogen (secondary N) is 1. The van der Waals surface area contributed by atoms with Crippen LogP contribution in [0.4, 0.5) is 5.82 Å². The van der Waals surface area contributed by atoms with Crippen LogP contribution in [0.2, 0.25) is 0 Å². The predicted molar refractivity (Wildman–Crippen MR) is 114 cm³/mol. The van der Waals surface area contributed by atoms with Crippen molar-refractivity contribution in [3.05, 3.63) is 35.5 Å². The molecular formula is C23H27N3O2S. The Hall–Kier alpha value is -1.95. The SMILES string of the molecule is COc1ccc(-n2nc3c(c2NC(=O)C24CC5CC(CC(C5)C2)C4)CSC3)cc1. The first-order valence-corrected chi connectivity index (χ1v) is 11.9. The lowest BCUT2D eigenvalue weighted by atomic mass is 9.49. The maximum Gasteiger partial charge on any atom is 0.231 e. The summed E-state index contributed by atoms with van der Waals surface area (Å²) >= 11 is 1.87. The smallest absolute Gasteiger partial charge is 0.231 e. The van der Waals surface area contributed by atoms with Crippen LogP contribution in [0.3, 0.4) is 0 Å². The molecule has 0 radical (unpaired) electrons. The van der Waals surface area contributed by atoms with Crippen molar-refractivity contribution in [3.63, 3.8) is 0 Å². The topological polar surface area (TPSA) is 56.1 Å². The summed E-state index contributed by atoms with van der Waals surface area (Å²) in [6.45, 7) is 0. The molecule has 5 aliphatic rings. The number of anilines is 1. The van der Waals surface area contributed by atoms with Crippen LogP contribution in [0, 0.1) is 23.2 Å². The lowest BCUT2D eigenvalue weighted by molar-refractivity contribution is -0.140. The van der Waals surface area contributed by atoms with E-state index < -0.39 is 0 Å². The minimum absolute atomic E-state index is 0.150. The normalized spacial score (nSPS) is 31.7. The second kappa shape index (κ2) is 6.53. The van der Waals surface area contributed by atoms with Gasteiger partial charge >= 0.3 is 0 Å². The first-order valence-electron chi connectivity index (χ1n) is 10.8. The molecule has 0 unspecified atom stereocenters. The van der Waals surface area contributed by atoms with E-state index in [0.29, 0.717) is 0 Å². The maximum absolute atomic E-state index is 13.7. The molecule has 0 spiro atoms. The van der Waals surface area contributed by atoms with Crippen molar-refractivity contribution < 1.29 is 9.53 Å². The van der Waals surface area contributed by atoms with Gasteiger partial charge in [0.15, 0.2) is 0 Å². The first-order chi connectivity index (χ1) is 14.1. The van der Waals surface area contributed by atoms with E-state index in [1.165, 1.54) is 24.8 Å². The number of carbonyl (C=O) groups is 1. The van der Waals surface area contributed by atoms with Crippen molar-refractivity contribution in [1.29, 1.82) is 0 Å². The molecule has 1 amide bonds. The lowest BCUT2D eigenvalue weighted by Crippen LogP contribution is -2.52. The third-order valence-corrected chi connectivity index (χ3v) is 8.59. The number of hydrogen-bond donors (Lipinski definition) is 1. The van der Waals surface area contributed by atoms with E-state index >= 15 is 0 Å². The molecule has 1 N–H and O–H groups in total. The van der Waals surface area contributed by atoms with E-state index in [4.69, 9.17) is 9.84 Å². The lowest BCUT2D eigenvalue weighted by Gasteiger charge is -2.55. The van der Waals surface area contributed by atoms with Crippen LogP contribution in [0.15, 0.2) is 24.3 Å². The minimum atomic E-state index is -0.150. The number of fused-ring (bicyclic) bond motifs is 1. The molecule has 4 fully saturated rings. The van der Waals surface area contributed by atoms with Crippen molar-refractivity contribution >= 4 is 23.5 Å². The molecule has 5 nitrogen and oxygen atoms in total. The molecule has 4 bridgehead atoms. The van der Waals surface area contributed by atoms with Gasteiger partial charge in [-0.15, -0.1) is 0 Å². The average molecular weight is 410 g/mol. The highest BCUT2D eigenvalue weighted by Gasteiger charge is 2.54. The Bertz CT molecular complexity index is 930. The molecule has 29 heavy (non-hydrogen) atoms. The van der Waals surface area contributed by atoms with E-state index in [9.17, 15) is 4.79 Å². The number of thioether (sulfide) groups is 1. The largest absolute Gasteiger partial charge is 0.497 e. The Labute approximate surface area is 175 Å². The quantitative estimate of drug-likeness (QED) is 0.789. The molecule has 2 aromatic rings. The standard InChI is InChI=1S/C23H27N3O2S/c1-28-18-4-2-17(3-5-18)26-21(19-12-29-13-20(19)25-26)24-22(27)23-9-14-6-15(10-23)8-16(7-14)11-23/h2-5,14-16H,6-13H2,1H3,(H,24,27). The number of methoxy groups -OCH3 is 1. The van der Waals surface area contributed by atoms with Crippen LogP contribution < -0.4 is 10.1 Å². The van der Waals surface area contributed by atoms with Crippen LogP contribution in [-0.4, -0.2) is 22.8 Å². The molecule has 1 aromatic heterocycles. The summed E-state index contributed by atoms with van der Waals surface area (Å²) in [7, 11) is 1.67. The second-order valence-corrected chi connectivity index (χ2v) is 10.5. The molecule has 152 valence electrons. The van der Waals surface area contributed by atoms with Gasteiger partial charge in [-0.05, 0) is 80.5 Å². The third kappa shape index (κ3) is 2.82. The molecule has 7 rings (SSSR count). The summed E-state index contributed by atoms with van der Waals surface area (Å²) in [5.41, 5.74) is 3.11. The van der Waals surface area contributed by atoms with E-state index in [1.54, 1.807) is 7.11 Å². The minimum Gasteiger partial charge on any atom is -0.497 e. The van der Waals surface area contributed by atoms with Gasteiger partial charge in [-0.25, -0.2) is 4.68 Å². The molecule has 1 aromatic carbocycles. The summed E-state index contributed by atoms with van der Waals surface area (Å²) in [5.74, 6) is 6.07. The van der Waals surface area contributed by atoms with Gasteiger partial charge in [0.05, 0.1) is 23.9 Å². The number of rotatable bonds is 4. The van der Waals surface area contributed by atoms with Crippen LogP contribution >= 0.6 is 11.8 Å². The van der Waals surface area contributed by atoms with Gasteiger partial charge in [0.25, 0.3) is 0 Å². The predicted octanol–water partition coefficient (Wildman–Crippen LogP) is 4.78. The highest BCUT2D eigenvalue weighted by molar-refractivity contribution is 7.98. The number of hydrogen-bond acceptors (Lipinski definition) is 4. The van der Waals surface area contributed by atoms with Crippen molar-refractivity contribution in [3.8, 4) is 11.4 Å². The fraction of sp³-hybridized carbons (Fsp3) is 0.565. The van der Waals surface area contributed by atoms with Crippen LogP contribution in [0.25, 0.3) is 5.69 Å². The van der Waals surface area contributed by atoms with E-state index in [0.717, 1.165) is 71.5 Å². The second-order valence-electron chi connectivity index (χ2n) is 9.53. The zero-order chi connectivity index (χ0) is 19.6. The average Bonchev–Trinajstić information content (AvgIpc) is 3.30. The zero-order valence-corrected chi connectivity index (χ0v) is 17.6. The van der Waals surface area contributed by atoms with Crippen molar-refractivity contribution in [2.45, 2.75) is 50.0 Å². The number of ether oxygens (including phenoxy) is 1. The molecule has 4 saturated carbocycles. The molecule has 0 saturated heterocycles.